The number of rotatable bonds is 7. The third-order valence-electron chi connectivity index (χ3n) is 5.96. The normalized spacial score (nSPS) is 15.1. The molecule has 0 amide bonds. The number of alkyl halides is 3. The van der Waals surface area contributed by atoms with Gasteiger partial charge >= 0.3 is 6.36 Å². The fourth-order valence-corrected chi connectivity index (χ4v) is 4.12. The van der Waals surface area contributed by atoms with Crippen molar-refractivity contribution < 1.29 is 36.9 Å². The summed E-state index contributed by atoms with van der Waals surface area (Å²) in [5.41, 5.74) is 1.72. The fourth-order valence-electron chi connectivity index (χ4n) is 4.12. The SMILES string of the molecule is COc1ccc(C2=C(c3ccc(OCc4cn5ccc(OC(F)(F)F)cc5n4)cc3)C(=O)C(C)(C)O2)cc1. The van der Waals surface area contributed by atoms with Crippen LogP contribution in [0.3, 0.4) is 0 Å². The minimum absolute atomic E-state index is 0.0886. The lowest BCUT2D eigenvalue weighted by molar-refractivity contribution is -0.274. The first kappa shape index (κ1) is 25.2. The van der Waals surface area contributed by atoms with Gasteiger partial charge < -0.3 is 23.3 Å². The van der Waals surface area contributed by atoms with Gasteiger partial charge in [-0.05, 0) is 61.9 Å². The lowest BCUT2D eigenvalue weighted by Crippen LogP contribution is -2.29. The van der Waals surface area contributed by atoms with Gasteiger partial charge in [0.05, 0.1) is 18.4 Å². The topological polar surface area (TPSA) is 71.3 Å². The number of imidazole rings is 1. The van der Waals surface area contributed by atoms with Gasteiger partial charge in [-0.15, -0.1) is 13.2 Å². The van der Waals surface area contributed by atoms with Crippen LogP contribution in [0.4, 0.5) is 13.2 Å². The number of carbonyl (C=O) groups excluding carboxylic acids is 1. The molecular weight excluding hydrogens is 501 g/mol. The number of pyridine rings is 1. The number of ketones is 1. The number of nitrogens with zero attached hydrogens (tertiary/aromatic N) is 2. The number of methoxy groups -OCH3 is 1. The highest BCUT2D eigenvalue weighted by molar-refractivity contribution is 6.32. The van der Waals surface area contributed by atoms with Crippen LogP contribution in [0.25, 0.3) is 17.0 Å². The van der Waals surface area contributed by atoms with E-state index in [9.17, 15) is 18.0 Å². The van der Waals surface area contributed by atoms with Crippen LogP contribution in [0, 0.1) is 0 Å². The summed E-state index contributed by atoms with van der Waals surface area (Å²) in [6.45, 7) is 3.55. The highest BCUT2D eigenvalue weighted by Crippen LogP contribution is 2.41. The molecule has 0 atom stereocenters. The Morgan fingerprint density at radius 2 is 1.61 bits per heavy atom. The number of carbonyl (C=O) groups is 1. The molecular formula is C28H23F3N2O5. The molecule has 1 aliphatic heterocycles. The molecule has 0 saturated heterocycles. The number of aromatic nitrogens is 2. The summed E-state index contributed by atoms with van der Waals surface area (Å²) in [5.74, 6) is 1.24. The monoisotopic (exact) mass is 524 g/mol. The van der Waals surface area contributed by atoms with E-state index in [0.717, 1.165) is 5.56 Å². The highest BCUT2D eigenvalue weighted by Gasteiger charge is 2.42. The van der Waals surface area contributed by atoms with Gasteiger partial charge in [-0.25, -0.2) is 4.98 Å². The van der Waals surface area contributed by atoms with Crippen molar-refractivity contribution in [1.82, 2.24) is 9.38 Å². The van der Waals surface area contributed by atoms with Crippen molar-refractivity contribution in [2.45, 2.75) is 32.4 Å². The molecule has 0 spiro atoms. The van der Waals surface area contributed by atoms with Crippen LogP contribution in [0.15, 0.2) is 73.1 Å². The van der Waals surface area contributed by atoms with E-state index in [0.29, 0.717) is 39.7 Å². The standard InChI is InChI=1S/C28H23F3N2O5/c1-27(2)26(34)24(25(38-27)18-6-8-20(35-3)9-7-18)17-4-10-21(11-5-17)36-16-19-15-33-13-12-22(14-23(33)32-19)37-28(29,30)31/h4-15H,16H2,1-3H3. The molecule has 0 fully saturated rings. The van der Waals surface area contributed by atoms with Crippen molar-refractivity contribution in [3.63, 3.8) is 0 Å². The van der Waals surface area contributed by atoms with Crippen molar-refractivity contribution in [3.8, 4) is 17.2 Å². The van der Waals surface area contributed by atoms with Crippen molar-refractivity contribution in [1.29, 1.82) is 0 Å². The van der Waals surface area contributed by atoms with Gasteiger partial charge in [-0.1, -0.05) is 12.1 Å². The molecule has 0 saturated carbocycles. The Morgan fingerprint density at radius 1 is 0.947 bits per heavy atom. The summed E-state index contributed by atoms with van der Waals surface area (Å²) in [6, 6.07) is 16.7. The van der Waals surface area contributed by atoms with Gasteiger partial charge in [0, 0.05) is 24.0 Å². The lowest BCUT2D eigenvalue weighted by atomic mass is 9.92. The lowest BCUT2D eigenvalue weighted by Gasteiger charge is -2.17. The summed E-state index contributed by atoms with van der Waals surface area (Å²) in [5, 5.41) is 0. The maximum absolute atomic E-state index is 13.2. The van der Waals surface area contributed by atoms with Gasteiger partial charge in [0.2, 0.25) is 5.78 Å². The smallest absolute Gasteiger partial charge is 0.497 e. The van der Waals surface area contributed by atoms with Gasteiger partial charge in [0.15, 0.2) is 5.60 Å². The second-order valence-electron chi connectivity index (χ2n) is 9.10. The van der Waals surface area contributed by atoms with E-state index in [-0.39, 0.29) is 18.1 Å². The van der Waals surface area contributed by atoms with Crippen LogP contribution in [0.2, 0.25) is 0 Å². The Morgan fingerprint density at radius 3 is 2.26 bits per heavy atom. The fraction of sp³-hybridized carbons (Fsp3) is 0.214. The molecule has 1 aliphatic rings. The van der Waals surface area contributed by atoms with Gasteiger partial charge in [-0.3, -0.25) is 4.79 Å². The first-order valence-corrected chi connectivity index (χ1v) is 11.6. The molecule has 38 heavy (non-hydrogen) atoms. The molecule has 0 radical (unpaired) electrons. The number of fused-ring (bicyclic) bond motifs is 1. The second-order valence-corrected chi connectivity index (χ2v) is 9.10. The average molecular weight is 524 g/mol. The summed E-state index contributed by atoms with van der Waals surface area (Å²) < 4.78 is 60.0. The van der Waals surface area contributed by atoms with E-state index >= 15 is 0 Å². The Kier molecular flexibility index (Phi) is 6.26. The Labute approximate surface area is 216 Å². The maximum atomic E-state index is 13.2. The number of Topliss-reactive ketones (excluding diaryl/α,β-unsaturated/α-hetero) is 1. The molecule has 4 aromatic rings. The minimum Gasteiger partial charge on any atom is -0.497 e. The molecule has 10 heteroatoms. The second kappa shape index (κ2) is 9.44. The highest BCUT2D eigenvalue weighted by atomic mass is 19.4. The van der Waals surface area contributed by atoms with Gasteiger partial charge in [-0.2, -0.15) is 0 Å². The average Bonchev–Trinajstić information content (AvgIpc) is 3.39. The van der Waals surface area contributed by atoms with E-state index in [4.69, 9.17) is 14.2 Å². The zero-order valence-electron chi connectivity index (χ0n) is 20.7. The van der Waals surface area contributed by atoms with Crippen molar-refractivity contribution >= 4 is 22.8 Å². The first-order valence-electron chi connectivity index (χ1n) is 11.6. The van der Waals surface area contributed by atoms with E-state index in [1.807, 2.05) is 12.1 Å². The Balaban J connectivity index is 1.34. The number of hydrogen-bond acceptors (Lipinski definition) is 6. The summed E-state index contributed by atoms with van der Waals surface area (Å²) in [7, 11) is 1.58. The summed E-state index contributed by atoms with van der Waals surface area (Å²) >= 11 is 0. The predicted molar refractivity (Wildman–Crippen MR) is 133 cm³/mol. The predicted octanol–water partition coefficient (Wildman–Crippen LogP) is 6.07. The maximum Gasteiger partial charge on any atom is 0.573 e. The van der Waals surface area contributed by atoms with Crippen LogP contribution in [-0.2, 0) is 16.1 Å². The van der Waals surface area contributed by atoms with E-state index in [2.05, 4.69) is 9.72 Å². The van der Waals surface area contributed by atoms with Crippen LogP contribution < -0.4 is 14.2 Å². The van der Waals surface area contributed by atoms with Crippen LogP contribution in [0.1, 0.15) is 30.7 Å². The molecule has 196 valence electrons. The molecule has 0 aliphatic carbocycles. The van der Waals surface area contributed by atoms with Crippen LogP contribution in [-0.4, -0.2) is 34.2 Å². The Hall–Kier alpha value is -4.47. The molecule has 7 nitrogen and oxygen atoms in total. The van der Waals surface area contributed by atoms with Gasteiger partial charge in [0.1, 0.15) is 35.3 Å². The zero-order chi connectivity index (χ0) is 27.1. The van der Waals surface area contributed by atoms with Crippen LogP contribution >= 0.6 is 0 Å². The summed E-state index contributed by atoms with van der Waals surface area (Å²) in [6.07, 6.45) is -1.69. The molecule has 5 rings (SSSR count). The van der Waals surface area contributed by atoms with Crippen LogP contribution in [0.5, 0.6) is 17.2 Å². The quantitative estimate of drug-likeness (QED) is 0.292. The molecule has 3 heterocycles. The largest absolute Gasteiger partial charge is 0.573 e. The molecule has 0 N–H and O–H groups in total. The number of hydrogen-bond donors (Lipinski definition) is 0. The van der Waals surface area contributed by atoms with E-state index < -0.39 is 12.0 Å². The Bertz CT molecular complexity index is 1520. The molecule has 2 aromatic heterocycles. The minimum atomic E-state index is -4.78. The molecule has 0 unspecified atom stereocenters. The number of ether oxygens (including phenoxy) is 4. The zero-order valence-corrected chi connectivity index (χ0v) is 20.7. The van der Waals surface area contributed by atoms with Gasteiger partial charge in [0.25, 0.3) is 0 Å². The first-order chi connectivity index (χ1) is 18.0. The van der Waals surface area contributed by atoms with Crippen molar-refractivity contribution in [3.05, 3.63) is 89.9 Å². The van der Waals surface area contributed by atoms with E-state index in [1.165, 1.54) is 18.3 Å². The summed E-state index contributed by atoms with van der Waals surface area (Å²) in [4.78, 5) is 17.5. The third-order valence-corrected chi connectivity index (χ3v) is 5.96. The molecule has 0 bridgehead atoms. The van der Waals surface area contributed by atoms with Crippen molar-refractivity contribution in [2.24, 2.45) is 0 Å². The third kappa shape index (κ3) is 5.15. The van der Waals surface area contributed by atoms with E-state index in [1.54, 1.807) is 68.0 Å². The number of halogens is 3. The van der Waals surface area contributed by atoms with Crippen molar-refractivity contribution in [2.75, 3.05) is 7.11 Å². The number of benzene rings is 2. The molecule has 2 aromatic carbocycles.